The highest BCUT2D eigenvalue weighted by molar-refractivity contribution is 7.87. The van der Waals surface area contributed by atoms with Crippen LogP contribution >= 0.6 is 0 Å². The largest absolute Gasteiger partial charge is 0.497 e. The Hall–Kier alpha value is -3.22. The molecule has 1 amide bonds. The van der Waals surface area contributed by atoms with Gasteiger partial charge in [0.05, 0.1) is 12.8 Å². The quantitative estimate of drug-likeness (QED) is 0.392. The van der Waals surface area contributed by atoms with Gasteiger partial charge in [-0.25, -0.2) is 4.72 Å². The Balaban J connectivity index is 1.41. The Labute approximate surface area is 271 Å². The molecule has 2 N–H and O–H groups in total. The number of fused-ring (bicyclic) bond motifs is 7. The Bertz CT molecular complexity index is 1800. The highest BCUT2D eigenvalue weighted by Crippen LogP contribution is 2.47. The molecule has 246 valence electrons. The number of aliphatic hydroxyl groups is 1. The number of likely N-dealkylation sites (N-methyl/N-ethyl adjacent to an activating group) is 1. The van der Waals surface area contributed by atoms with Gasteiger partial charge in [-0.15, -0.1) is 0 Å². The van der Waals surface area contributed by atoms with Gasteiger partial charge in [0, 0.05) is 67.8 Å². The number of likely N-dealkylation sites (tertiary alicyclic amines) is 1. The van der Waals surface area contributed by atoms with E-state index >= 15 is 0 Å². The van der Waals surface area contributed by atoms with Crippen LogP contribution < -0.4 is 9.46 Å². The first-order valence-electron chi connectivity index (χ1n) is 16.5. The van der Waals surface area contributed by atoms with Gasteiger partial charge in [0.1, 0.15) is 12.0 Å². The second-order valence-electron chi connectivity index (χ2n) is 13.7. The number of benzene rings is 2. The molecule has 0 radical (unpaired) electrons. The van der Waals surface area contributed by atoms with Gasteiger partial charge in [-0.3, -0.25) is 9.69 Å². The van der Waals surface area contributed by atoms with Crippen LogP contribution in [0.3, 0.4) is 0 Å². The van der Waals surface area contributed by atoms with Crippen LogP contribution in [0.25, 0.3) is 28.2 Å². The molecule has 7 rings (SSSR count). The lowest BCUT2D eigenvalue weighted by atomic mass is 9.81. The number of carbonyl (C=O) groups excluding carboxylic acids is 1. The zero-order chi connectivity index (χ0) is 32.3. The normalized spacial score (nSPS) is 23.1. The summed E-state index contributed by atoms with van der Waals surface area (Å²) in [5.41, 5.74) is 6.50. The molecule has 3 unspecified atom stereocenters. The summed E-state index contributed by atoms with van der Waals surface area (Å²) in [5.74, 6) is 0.443. The summed E-state index contributed by atoms with van der Waals surface area (Å²) >= 11 is 0. The van der Waals surface area contributed by atoms with Crippen molar-refractivity contribution in [2.45, 2.75) is 75.7 Å². The molecule has 3 atom stereocenters. The van der Waals surface area contributed by atoms with Crippen LogP contribution in [0.5, 0.6) is 5.75 Å². The van der Waals surface area contributed by atoms with Crippen LogP contribution in [-0.2, 0) is 16.8 Å². The van der Waals surface area contributed by atoms with Gasteiger partial charge in [-0.1, -0.05) is 25.3 Å². The van der Waals surface area contributed by atoms with Gasteiger partial charge in [0.15, 0.2) is 0 Å². The van der Waals surface area contributed by atoms with Crippen molar-refractivity contribution in [3.8, 4) is 17.0 Å². The molecule has 10 nitrogen and oxygen atoms in total. The summed E-state index contributed by atoms with van der Waals surface area (Å²) in [6, 6.07) is 12.3. The van der Waals surface area contributed by atoms with Gasteiger partial charge < -0.3 is 19.3 Å². The first kappa shape index (κ1) is 31.4. The summed E-state index contributed by atoms with van der Waals surface area (Å²) in [6.07, 6.45) is 9.28. The molecule has 46 heavy (non-hydrogen) atoms. The molecule has 0 spiro atoms. The fraction of sp³-hybridized carbons (Fsp3) is 0.514. The zero-order valence-electron chi connectivity index (χ0n) is 27.2. The number of nitrogens with zero attached hydrogens (tertiary/aromatic N) is 4. The van der Waals surface area contributed by atoms with Crippen LogP contribution in [0.1, 0.15) is 72.3 Å². The molecule has 2 aromatic carbocycles. The molecular weight excluding hydrogens is 602 g/mol. The summed E-state index contributed by atoms with van der Waals surface area (Å²) in [5, 5.41) is 13.3. The van der Waals surface area contributed by atoms with Gasteiger partial charge in [0.2, 0.25) is 0 Å². The highest BCUT2D eigenvalue weighted by Gasteiger charge is 2.43. The van der Waals surface area contributed by atoms with Crippen molar-refractivity contribution in [2.24, 2.45) is 0 Å². The molecule has 3 aliphatic heterocycles. The smallest absolute Gasteiger partial charge is 0.303 e. The highest BCUT2D eigenvalue weighted by atomic mass is 32.2. The molecule has 2 bridgehead atoms. The van der Waals surface area contributed by atoms with E-state index in [0.717, 1.165) is 82.1 Å². The molecule has 11 heteroatoms. The Morgan fingerprint density at radius 3 is 2.41 bits per heavy atom. The third kappa shape index (κ3) is 5.45. The van der Waals surface area contributed by atoms with E-state index in [4.69, 9.17) is 4.74 Å². The predicted octanol–water partition coefficient (Wildman–Crippen LogP) is 4.39. The Morgan fingerprint density at radius 2 is 1.74 bits per heavy atom. The molecule has 1 aromatic heterocycles. The number of aromatic nitrogens is 1. The van der Waals surface area contributed by atoms with Crippen LogP contribution in [0.15, 0.2) is 42.0 Å². The maximum atomic E-state index is 13.3. The van der Waals surface area contributed by atoms with E-state index in [9.17, 15) is 18.3 Å². The Morgan fingerprint density at radius 1 is 1.02 bits per heavy atom. The lowest BCUT2D eigenvalue weighted by Crippen LogP contribution is -2.56. The van der Waals surface area contributed by atoms with Crippen molar-refractivity contribution < 1.29 is 23.1 Å². The second kappa shape index (κ2) is 12.1. The number of hydrogen-bond donors (Lipinski definition) is 2. The van der Waals surface area contributed by atoms with E-state index in [0.29, 0.717) is 24.5 Å². The predicted molar refractivity (Wildman–Crippen MR) is 180 cm³/mol. The molecule has 4 heterocycles. The van der Waals surface area contributed by atoms with E-state index in [1.54, 1.807) is 13.2 Å². The fourth-order valence-corrected chi connectivity index (χ4v) is 8.90. The van der Waals surface area contributed by atoms with Crippen molar-refractivity contribution in [2.75, 3.05) is 41.3 Å². The average Bonchev–Trinajstić information content (AvgIpc) is 3.43. The van der Waals surface area contributed by atoms with Gasteiger partial charge in [-0.2, -0.15) is 12.7 Å². The third-order valence-corrected chi connectivity index (χ3v) is 12.0. The minimum atomic E-state index is -3.96. The molecule has 3 fully saturated rings. The number of ether oxygens (including phenoxy) is 1. The van der Waals surface area contributed by atoms with Crippen molar-refractivity contribution in [3.05, 3.63) is 58.7 Å². The third-order valence-electron chi connectivity index (χ3n) is 10.6. The first-order valence-corrected chi connectivity index (χ1v) is 17.9. The van der Waals surface area contributed by atoms with Crippen LogP contribution in [0.2, 0.25) is 0 Å². The molecule has 4 aliphatic rings. The van der Waals surface area contributed by atoms with E-state index in [1.807, 2.05) is 18.2 Å². The van der Waals surface area contributed by atoms with Gasteiger partial charge >= 0.3 is 10.2 Å². The zero-order valence-corrected chi connectivity index (χ0v) is 28.0. The number of piperazine rings is 1. The number of rotatable bonds is 7. The van der Waals surface area contributed by atoms with Gasteiger partial charge in [-0.05, 0) is 91.8 Å². The molecule has 1 saturated carbocycles. The average molecular weight is 648 g/mol. The summed E-state index contributed by atoms with van der Waals surface area (Å²) in [4.78, 5) is 18.0. The standard InChI is InChI=1S/C35H45N5O5S/c1-37(2)46(43,44)36-34(41)23-10-14-30-31(18-23)39-19-25(35(42)40-26-11-12-27(40)21-38(3)20-26)16-24-17-28(45-4)13-15-29(24)33(39)32(30)22-8-6-5-7-9-22/h10,13-18,22,26-27,35,42H,5-9,11-12,19-21H2,1-4H3,(H,36,41). The number of aliphatic hydroxyl groups excluding tert-OH is 1. The van der Waals surface area contributed by atoms with E-state index in [2.05, 4.69) is 44.3 Å². The van der Waals surface area contributed by atoms with E-state index in [1.165, 1.54) is 38.9 Å². The summed E-state index contributed by atoms with van der Waals surface area (Å²) < 4.78 is 36.2. The molecule has 2 saturated heterocycles. The van der Waals surface area contributed by atoms with Crippen LogP contribution in [0, 0.1) is 0 Å². The van der Waals surface area contributed by atoms with Crippen LogP contribution in [-0.4, -0.2) is 97.8 Å². The fourth-order valence-electron chi connectivity index (χ4n) is 8.37. The maximum absolute atomic E-state index is 13.3. The molecular formula is C35H45N5O5S. The lowest BCUT2D eigenvalue weighted by Gasteiger charge is -2.42. The maximum Gasteiger partial charge on any atom is 0.303 e. The number of methoxy groups -OCH3 is 1. The minimum Gasteiger partial charge on any atom is -0.497 e. The number of nitrogens with one attached hydrogen (secondary N) is 1. The lowest BCUT2D eigenvalue weighted by molar-refractivity contribution is -0.0416. The number of amides is 1. The number of carbonyl (C=O) groups is 1. The topological polar surface area (TPSA) is 107 Å². The first-order chi connectivity index (χ1) is 22.1. The summed E-state index contributed by atoms with van der Waals surface area (Å²) in [7, 11) is 2.65. The monoisotopic (exact) mass is 647 g/mol. The van der Waals surface area contributed by atoms with Crippen molar-refractivity contribution in [1.82, 2.24) is 23.4 Å². The number of hydrogen-bond acceptors (Lipinski definition) is 7. The summed E-state index contributed by atoms with van der Waals surface area (Å²) in [6.45, 7) is 2.32. The van der Waals surface area contributed by atoms with Crippen LogP contribution in [0.4, 0.5) is 0 Å². The molecule has 1 aliphatic carbocycles. The molecule has 3 aromatic rings. The minimum absolute atomic E-state index is 0.274. The van der Waals surface area contributed by atoms with Crippen molar-refractivity contribution in [3.63, 3.8) is 0 Å². The van der Waals surface area contributed by atoms with E-state index < -0.39 is 22.3 Å². The Kier molecular flexibility index (Phi) is 8.25. The second-order valence-corrected chi connectivity index (χ2v) is 15.6. The van der Waals surface area contributed by atoms with Crippen molar-refractivity contribution >= 4 is 33.1 Å². The van der Waals surface area contributed by atoms with Gasteiger partial charge in [0.25, 0.3) is 5.91 Å². The SMILES string of the molecule is COc1ccc2c(c1)C=C(C(O)N1C3CCC1CN(C)C3)Cn1c-2c(C2CCCCC2)c2ccc(C(=O)NS(=O)(=O)N(C)C)cc21. The van der Waals surface area contributed by atoms with Crippen molar-refractivity contribution in [1.29, 1.82) is 0 Å². The van der Waals surface area contributed by atoms with E-state index in [-0.39, 0.29) is 5.56 Å².